The molecular weight excluding hydrogens is 258 g/mol. The van der Waals surface area contributed by atoms with Gasteiger partial charge in [-0.05, 0) is 24.6 Å². The van der Waals surface area contributed by atoms with Gasteiger partial charge in [0, 0.05) is 0 Å². The second kappa shape index (κ2) is 5.72. The second-order valence-corrected chi connectivity index (χ2v) is 5.61. The van der Waals surface area contributed by atoms with Gasteiger partial charge in [-0.15, -0.1) is 0 Å². The Morgan fingerprint density at radius 2 is 2.11 bits per heavy atom. The van der Waals surface area contributed by atoms with Crippen LogP contribution in [0.1, 0.15) is 12.0 Å². The molecule has 7 heteroatoms. The summed E-state index contributed by atoms with van der Waals surface area (Å²) in [5.74, 6) is -1.24. The van der Waals surface area contributed by atoms with E-state index in [1.165, 1.54) is 7.11 Å². The number of anilines is 1. The van der Waals surface area contributed by atoms with Crippen molar-refractivity contribution >= 4 is 21.7 Å². The molecule has 1 aromatic rings. The summed E-state index contributed by atoms with van der Waals surface area (Å²) in [6, 6.07) is 5.05. The molecular formula is C11H15NO5S. The van der Waals surface area contributed by atoms with Crippen molar-refractivity contribution < 1.29 is 23.1 Å². The lowest BCUT2D eigenvalue weighted by atomic mass is 10.2. The number of carboxylic acids is 1. The predicted octanol–water partition coefficient (Wildman–Crippen LogP) is 1.22. The zero-order valence-electron chi connectivity index (χ0n) is 10.1. The van der Waals surface area contributed by atoms with Crippen molar-refractivity contribution in [3.05, 3.63) is 23.8 Å². The first-order chi connectivity index (χ1) is 8.34. The lowest BCUT2D eigenvalue weighted by Crippen LogP contribution is -2.19. The largest absolute Gasteiger partial charge is 0.495 e. The van der Waals surface area contributed by atoms with Crippen LogP contribution in [0.5, 0.6) is 5.75 Å². The van der Waals surface area contributed by atoms with Crippen molar-refractivity contribution in [2.75, 3.05) is 17.6 Å². The SMILES string of the molecule is COc1ccc(C)cc1NS(=O)(=O)CCC(=O)O. The highest BCUT2D eigenvalue weighted by Gasteiger charge is 2.15. The normalized spacial score (nSPS) is 11.0. The summed E-state index contributed by atoms with van der Waals surface area (Å²) >= 11 is 0. The number of aliphatic carboxylic acids is 1. The molecule has 1 rings (SSSR count). The highest BCUT2D eigenvalue weighted by Crippen LogP contribution is 2.26. The van der Waals surface area contributed by atoms with Gasteiger partial charge in [0.2, 0.25) is 10.0 Å². The summed E-state index contributed by atoms with van der Waals surface area (Å²) in [5.41, 5.74) is 1.18. The first-order valence-electron chi connectivity index (χ1n) is 5.21. The Hall–Kier alpha value is -1.76. The lowest BCUT2D eigenvalue weighted by molar-refractivity contribution is -0.136. The van der Waals surface area contributed by atoms with E-state index in [9.17, 15) is 13.2 Å². The van der Waals surface area contributed by atoms with E-state index in [0.29, 0.717) is 11.4 Å². The van der Waals surface area contributed by atoms with E-state index in [0.717, 1.165) is 5.56 Å². The molecule has 0 saturated carbocycles. The average Bonchev–Trinajstić information content (AvgIpc) is 2.26. The zero-order chi connectivity index (χ0) is 13.8. The van der Waals surface area contributed by atoms with Gasteiger partial charge in [-0.2, -0.15) is 0 Å². The fourth-order valence-corrected chi connectivity index (χ4v) is 2.38. The Morgan fingerprint density at radius 3 is 2.67 bits per heavy atom. The monoisotopic (exact) mass is 273 g/mol. The van der Waals surface area contributed by atoms with Crippen molar-refractivity contribution in [1.82, 2.24) is 0 Å². The van der Waals surface area contributed by atoms with E-state index in [4.69, 9.17) is 9.84 Å². The van der Waals surface area contributed by atoms with Gasteiger partial charge in [0.05, 0.1) is 25.0 Å². The fourth-order valence-electron chi connectivity index (χ4n) is 1.34. The molecule has 6 nitrogen and oxygen atoms in total. The fraction of sp³-hybridized carbons (Fsp3) is 0.364. The van der Waals surface area contributed by atoms with Crippen LogP contribution >= 0.6 is 0 Å². The van der Waals surface area contributed by atoms with Crippen molar-refractivity contribution in [3.63, 3.8) is 0 Å². The van der Waals surface area contributed by atoms with Gasteiger partial charge >= 0.3 is 5.97 Å². The van der Waals surface area contributed by atoms with Gasteiger partial charge in [-0.25, -0.2) is 8.42 Å². The molecule has 0 saturated heterocycles. The number of methoxy groups -OCH3 is 1. The van der Waals surface area contributed by atoms with E-state index in [2.05, 4.69) is 4.72 Å². The highest BCUT2D eigenvalue weighted by molar-refractivity contribution is 7.92. The summed E-state index contributed by atoms with van der Waals surface area (Å²) in [6.45, 7) is 1.81. The van der Waals surface area contributed by atoms with Crippen LogP contribution < -0.4 is 9.46 Å². The van der Waals surface area contributed by atoms with Crippen molar-refractivity contribution in [2.24, 2.45) is 0 Å². The highest BCUT2D eigenvalue weighted by atomic mass is 32.2. The maximum absolute atomic E-state index is 11.7. The maximum atomic E-state index is 11.7. The number of hydrogen-bond acceptors (Lipinski definition) is 4. The molecule has 0 fully saturated rings. The molecule has 18 heavy (non-hydrogen) atoms. The van der Waals surface area contributed by atoms with Crippen molar-refractivity contribution in [1.29, 1.82) is 0 Å². The molecule has 1 aromatic carbocycles. The van der Waals surface area contributed by atoms with Crippen LogP contribution in [0.15, 0.2) is 18.2 Å². The lowest BCUT2D eigenvalue weighted by Gasteiger charge is -2.11. The zero-order valence-corrected chi connectivity index (χ0v) is 11.0. The number of hydrogen-bond donors (Lipinski definition) is 2. The molecule has 0 spiro atoms. The minimum absolute atomic E-state index is 0.308. The van der Waals surface area contributed by atoms with E-state index >= 15 is 0 Å². The van der Waals surface area contributed by atoms with Crippen LogP contribution in [0.4, 0.5) is 5.69 Å². The van der Waals surface area contributed by atoms with Crippen LogP contribution in [-0.2, 0) is 14.8 Å². The number of nitrogens with one attached hydrogen (secondary N) is 1. The predicted molar refractivity (Wildman–Crippen MR) is 67.4 cm³/mol. The number of carbonyl (C=O) groups is 1. The summed E-state index contributed by atoms with van der Waals surface area (Å²) in [7, 11) is -2.26. The molecule has 100 valence electrons. The molecule has 0 amide bonds. The summed E-state index contributed by atoms with van der Waals surface area (Å²) < 4.78 is 30.7. The summed E-state index contributed by atoms with van der Waals surface area (Å²) in [4.78, 5) is 10.4. The molecule has 0 aliphatic rings. The van der Waals surface area contributed by atoms with Crippen LogP contribution in [0.3, 0.4) is 0 Å². The minimum Gasteiger partial charge on any atom is -0.495 e. The van der Waals surface area contributed by atoms with Crippen LogP contribution in [0.2, 0.25) is 0 Å². The molecule has 0 aromatic heterocycles. The molecule has 0 heterocycles. The first kappa shape index (κ1) is 14.3. The summed E-state index contributed by atoms with van der Waals surface area (Å²) in [6.07, 6.45) is -0.441. The average molecular weight is 273 g/mol. The van der Waals surface area contributed by atoms with E-state index in [1.54, 1.807) is 18.2 Å². The third kappa shape index (κ3) is 4.25. The van der Waals surface area contributed by atoms with Crippen LogP contribution in [0, 0.1) is 6.92 Å². The third-order valence-corrected chi connectivity index (χ3v) is 3.48. The smallest absolute Gasteiger partial charge is 0.304 e. The van der Waals surface area contributed by atoms with Gasteiger partial charge in [-0.1, -0.05) is 6.07 Å². The van der Waals surface area contributed by atoms with E-state index in [1.807, 2.05) is 6.92 Å². The Labute approximate surface area is 106 Å². The molecule has 0 radical (unpaired) electrons. The Morgan fingerprint density at radius 1 is 1.44 bits per heavy atom. The second-order valence-electron chi connectivity index (χ2n) is 3.77. The van der Waals surface area contributed by atoms with Gasteiger partial charge < -0.3 is 9.84 Å². The molecule has 0 aliphatic carbocycles. The Kier molecular flexibility index (Phi) is 4.55. The number of carboxylic acid groups (broad SMARTS) is 1. The van der Waals surface area contributed by atoms with Gasteiger partial charge in [-0.3, -0.25) is 9.52 Å². The number of rotatable bonds is 6. The number of benzene rings is 1. The quantitative estimate of drug-likeness (QED) is 0.813. The number of sulfonamides is 1. The molecule has 0 atom stereocenters. The van der Waals surface area contributed by atoms with Crippen LogP contribution in [0.25, 0.3) is 0 Å². The van der Waals surface area contributed by atoms with E-state index < -0.39 is 28.2 Å². The Bertz CT molecular complexity index is 538. The Balaban J connectivity index is 2.89. The van der Waals surface area contributed by atoms with Crippen molar-refractivity contribution in [2.45, 2.75) is 13.3 Å². The van der Waals surface area contributed by atoms with Crippen molar-refractivity contribution in [3.8, 4) is 5.75 Å². The maximum Gasteiger partial charge on any atom is 0.304 e. The topological polar surface area (TPSA) is 92.7 Å². The van der Waals surface area contributed by atoms with Gasteiger partial charge in [0.1, 0.15) is 5.75 Å². The third-order valence-electron chi connectivity index (χ3n) is 2.21. The number of aryl methyl sites for hydroxylation is 1. The van der Waals surface area contributed by atoms with Gasteiger partial charge in [0.25, 0.3) is 0 Å². The molecule has 0 bridgehead atoms. The van der Waals surface area contributed by atoms with E-state index in [-0.39, 0.29) is 0 Å². The molecule has 0 aliphatic heterocycles. The molecule has 0 unspecified atom stereocenters. The van der Waals surface area contributed by atoms with Crippen LogP contribution in [-0.4, -0.2) is 32.4 Å². The first-order valence-corrected chi connectivity index (χ1v) is 6.86. The molecule has 2 N–H and O–H groups in total. The number of ether oxygens (including phenoxy) is 1. The standard InChI is InChI=1S/C11H15NO5S/c1-8-3-4-10(17-2)9(7-8)12-18(15,16)6-5-11(13)14/h3-4,7,12H,5-6H2,1-2H3,(H,13,14). The van der Waals surface area contributed by atoms with Gasteiger partial charge in [0.15, 0.2) is 0 Å². The summed E-state index contributed by atoms with van der Waals surface area (Å²) in [5, 5.41) is 8.47. The minimum atomic E-state index is -3.69.